The monoisotopic (exact) mass is 367 g/mol. The second-order valence-corrected chi connectivity index (χ2v) is 5.39. The number of halogens is 1. The van der Waals surface area contributed by atoms with Gasteiger partial charge < -0.3 is 10.5 Å². The maximum absolute atomic E-state index is 12.3. The maximum Gasteiger partial charge on any atom is 0.169 e. The summed E-state index contributed by atoms with van der Waals surface area (Å²) in [4.78, 5) is 12.3. The zero-order chi connectivity index (χ0) is 13.8. The van der Waals surface area contributed by atoms with E-state index in [0.29, 0.717) is 23.4 Å². The van der Waals surface area contributed by atoms with Crippen LogP contribution in [0.4, 0.5) is 5.69 Å². The van der Waals surface area contributed by atoms with Crippen LogP contribution in [0.25, 0.3) is 0 Å². The summed E-state index contributed by atoms with van der Waals surface area (Å²) in [5.41, 5.74) is 7.82. The first-order valence-electron chi connectivity index (χ1n) is 5.82. The largest absolute Gasteiger partial charge is 0.495 e. The smallest absolute Gasteiger partial charge is 0.169 e. The zero-order valence-electron chi connectivity index (χ0n) is 10.5. The molecule has 0 aliphatic rings. The van der Waals surface area contributed by atoms with Crippen LogP contribution in [0.5, 0.6) is 5.75 Å². The Morgan fingerprint density at radius 3 is 2.53 bits per heavy atom. The van der Waals surface area contributed by atoms with Gasteiger partial charge in [-0.15, -0.1) is 0 Å². The summed E-state index contributed by atoms with van der Waals surface area (Å²) in [6.45, 7) is 0. The van der Waals surface area contributed by atoms with E-state index in [0.717, 1.165) is 9.13 Å². The lowest BCUT2D eigenvalue weighted by Crippen LogP contribution is -2.08. The molecule has 0 fully saturated rings. The fourth-order valence-electron chi connectivity index (χ4n) is 1.85. The van der Waals surface area contributed by atoms with E-state index in [9.17, 15) is 4.79 Å². The summed E-state index contributed by atoms with van der Waals surface area (Å²) < 4.78 is 6.27. The molecule has 0 spiro atoms. The van der Waals surface area contributed by atoms with Gasteiger partial charge in [0, 0.05) is 15.6 Å². The quantitative estimate of drug-likeness (QED) is 0.513. The van der Waals surface area contributed by atoms with E-state index in [-0.39, 0.29) is 5.78 Å². The van der Waals surface area contributed by atoms with Gasteiger partial charge >= 0.3 is 0 Å². The standard InChI is InChI=1S/C15H14INO2/c1-19-14-4-2-3-12(15(14)17)13(18)9-10-5-7-11(16)8-6-10/h2-8H,9,17H2,1H3. The van der Waals surface area contributed by atoms with Crippen molar-refractivity contribution in [1.29, 1.82) is 0 Å². The average Bonchev–Trinajstić information content (AvgIpc) is 2.41. The fourth-order valence-corrected chi connectivity index (χ4v) is 2.21. The number of ether oxygens (including phenoxy) is 1. The van der Waals surface area contributed by atoms with Gasteiger partial charge in [-0.1, -0.05) is 18.2 Å². The number of para-hydroxylation sites is 1. The van der Waals surface area contributed by atoms with Gasteiger partial charge in [0.15, 0.2) is 5.78 Å². The van der Waals surface area contributed by atoms with Gasteiger partial charge in [-0.05, 0) is 52.4 Å². The molecule has 19 heavy (non-hydrogen) atoms. The highest BCUT2D eigenvalue weighted by molar-refractivity contribution is 14.1. The number of benzene rings is 2. The third-order valence-electron chi connectivity index (χ3n) is 2.86. The van der Waals surface area contributed by atoms with Gasteiger partial charge in [-0.3, -0.25) is 4.79 Å². The van der Waals surface area contributed by atoms with Gasteiger partial charge in [-0.25, -0.2) is 0 Å². The van der Waals surface area contributed by atoms with E-state index in [2.05, 4.69) is 22.6 Å². The molecule has 0 heterocycles. The zero-order valence-corrected chi connectivity index (χ0v) is 12.7. The van der Waals surface area contributed by atoms with Crippen LogP contribution in [-0.4, -0.2) is 12.9 Å². The minimum Gasteiger partial charge on any atom is -0.495 e. The van der Waals surface area contributed by atoms with Crippen LogP contribution in [0, 0.1) is 3.57 Å². The molecule has 0 amide bonds. The molecule has 0 aliphatic heterocycles. The SMILES string of the molecule is COc1cccc(C(=O)Cc2ccc(I)cc2)c1N. The normalized spacial score (nSPS) is 10.2. The van der Waals surface area contributed by atoms with E-state index >= 15 is 0 Å². The molecule has 2 N–H and O–H groups in total. The number of Topliss-reactive ketones (excluding diaryl/α,β-unsaturated/α-hetero) is 1. The number of rotatable bonds is 4. The molecule has 0 radical (unpaired) electrons. The van der Waals surface area contributed by atoms with Crippen molar-refractivity contribution in [3.8, 4) is 5.75 Å². The van der Waals surface area contributed by atoms with Crippen LogP contribution in [0.1, 0.15) is 15.9 Å². The Labute approximate surface area is 125 Å². The minimum absolute atomic E-state index is 0.00221. The number of carbonyl (C=O) groups excluding carboxylic acids is 1. The molecule has 0 bridgehead atoms. The van der Waals surface area contributed by atoms with Gasteiger partial charge in [0.2, 0.25) is 0 Å². The lowest BCUT2D eigenvalue weighted by Gasteiger charge is -2.09. The van der Waals surface area contributed by atoms with Gasteiger partial charge in [0.05, 0.1) is 12.8 Å². The number of carbonyl (C=O) groups is 1. The minimum atomic E-state index is -0.00221. The summed E-state index contributed by atoms with van der Waals surface area (Å²) in [7, 11) is 1.54. The van der Waals surface area contributed by atoms with Crippen LogP contribution < -0.4 is 10.5 Å². The van der Waals surface area contributed by atoms with E-state index in [1.807, 2.05) is 24.3 Å². The molecule has 2 rings (SSSR count). The average molecular weight is 367 g/mol. The molecule has 4 heteroatoms. The molecule has 3 nitrogen and oxygen atoms in total. The van der Waals surface area contributed by atoms with Crippen molar-refractivity contribution < 1.29 is 9.53 Å². The Morgan fingerprint density at radius 1 is 1.21 bits per heavy atom. The van der Waals surface area contributed by atoms with Crippen molar-refractivity contribution in [2.75, 3.05) is 12.8 Å². The number of nitrogen functional groups attached to an aromatic ring is 1. The number of hydrogen-bond acceptors (Lipinski definition) is 3. The van der Waals surface area contributed by atoms with Gasteiger partial charge in [-0.2, -0.15) is 0 Å². The predicted octanol–water partition coefficient (Wildman–Crippen LogP) is 3.31. The van der Waals surface area contributed by atoms with E-state index < -0.39 is 0 Å². The van der Waals surface area contributed by atoms with Gasteiger partial charge in [0.1, 0.15) is 5.75 Å². The molecule has 2 aromatic rings. The van der Waals surface area contributed by atoms with Gasteiger partial charge in [0.25, 0.3) is 0 Å². The number of anilines is 1. The predicted molar refractivity (Wildman–Crippen MR) is 84.6 cm³/mol. The summed E-state index contributed by atoms with van der Waals surface area (Å²) >= 11 is 2.23. The fraction of sp³-hybridized carbons (Fsp3) is 0.133. The van der Waals surface area contributed by atoms with Crippen molar-refractivity contribution >= 4 is 34.1 Å². The number of nitrogens with two attached hydrogens (primary N) is 1. The third-order valence-corrected chi connectivity index (χ3v) is 3.58. The Morgan fingerprint density at radius 2 is 1.89 bits per heavy atom. The Hall–Kier alpha value is -1.56. The van der Waals surface area contributed by atoms with Crippen LogP contribution in [0.2, 0.25) is 0 Å². The van der Waals surface area contributed by atoms with Crippen LogP contribution in [-0.2, 0) is 6.42 Å². The number of ketones is 1. The molecule has 98 valence electrons. The lowest BCUT2D eigenvalue weighted by molar-refractivity contribution is 0.0993. The van der Waals surface area contributed by atoms with Crippen molar-refractivity contribution in [2.45, 2.75) is 6.42 Å². The van der Waals surface area contributed by atoms with Crippen LogP contribution in [0.3, 0.4) is 0 Å². The molecule has 0 saturated carbocycles. The molecule has 0 unspecified atom stereocenters. The maximum atomic E-state index is 12.3. The number of methoxy groups -OCH3 is 1. The topological polar surface area (TPSA) is 52.3 Å². The van der Waals surface area contributed by atoms with Crippen molar-refractivity contribution in [3.63, 3.8) is 0 Å². The second-order valence-electron chi connectivity index (χ2n) is 4.15. The Kier molecular flexibility index (Phi) is 4.42. The molecular weight excluding hydrogens is 353 g/mol. The van der Waals surface area contributed by atoms with Crippen molar-refractivity contribution in [3.05, 3.63) is 57.2 Å². The summed E-state index contributed by atoms with van der Waals surface area (Å²) in [5.74, 6) is 0.533. The second kappa shape index (κ2) is 6.06. The Balaban J connectivity index is 2.23. The van der Waals surface area contributed by atoms with Crippen LogP contribution >= 0.6 is 22.6 Å². The first-order chi connectivity index (χ1) is 9.11. The summed E-state index contributed by atoms with van der Waals surface area (Å²) in [6, 6.07) is 13.1. The highest BCUT2D eigenvalue weighted by atomic mass is 127. The first-order valence-corrected chi connectivity index (χ1v) is 6.90. The summed E-state index contributed by atoms with van der Waals surface area (Å²) in [5, 5.41) is 0. The molecule has 2 aromatic carbocycles. The third kappa shape index (κ3) is 3.26. The van der Waals surface area contributed by atoms with E-state index in [1.54, 1.807) is 25.3 Å². The molecular formula is C15H14INO2. The molecule has 0 aliphatic carbocycles. The highest BCUT2D eigenvalue weighted by Crippen LogP contribution is 2.25. The van der Waals surface area contributed by atoms with Crippen molar-refractivity contribution in [1.82, 2.24) is 0 Å². The lowest BCUT2D eigenvalue weighted by atomic mass is 10.0. The van der Waals surface area contributed by atoms with Crippen LogP contribution in [0.15, 0.2) is 42.5 Å². The van der Waals surface area contributed by atoms with E-state index in [4.69, 9.17) is 10.5 Å². The first kappa shape index (κ1) is 13.9. The molecule has 0 aromatic heterocycles. The van der Waals surface area contributed by atoms with Crippen molar-refractivity contribution in [2.24, 2.45) is 0 Å². The Bertz CT molecular complexity index is 594. The molecule has 0 saturated heterocycles. The summed E-state index contributed by atoms with van der Waals surface area (Å²) in [6.07, 6.45) is 0.342. The highest BCUT2D eigenvalue weighted by Gasteiger charge is 2.13. The number of hydrogen-bond donors (Lipinski definition) is 1. The molecule has 0 atom stereocenters. The van der Waals surface area contributed by atoms with E-state index in [1.165, 1.54) is 0 Å².